The molecule has 0 aliphatic rings. The van der Waals surface area contributed by atoms with Gasteiger partial charge in [-0.1, -0.05) is 47.6 Å². The van der Waals surface area contributed by atoms with Crippen LogP contribution in [0.5, 0.6) is 0 Å². The number of pyridine rings is 1. The van der Waals surface area contributed by atoms with Gasteiger partial charge < -0.3 is 5.32 Å². The molecule has 0 unspecified atom stereocenters. The molecule has 0 spiro atoms. The maximum absolute atomic E-state index is 13.0. The van der Waals surface area contributed by atoms with Crippen LogP contribution in [0.25, 0.3) is 5.82 Å². The van der Waals surface area contributed by atoms with Crippen molar-refractivity contribution < 1.29 is 4.79 Å². The Morgan fingerprint density at radius 3 is 2.36 bits per heavy atom. The van der Waals surface area contributed by atoms with Crippen molar-refractivity contribution in [2.24, 2.45) is 0 Å². The van der Waals surface area contributed by atoms with Crippen LogP contribution in [0.15, 0.2) is 30.5 Å². The number of hydrogen-bond donors (Lipinski definition) is 1. The lowest BCUT2D eigenvalue weighted by molar-refractivity contribution is 0.102. The van der Waals surface area contributed by atoms with Crippen LogP contribution in [-0.2, 0) is 10.8 Å². The fourth-order valence-electron chi connectivity index (χ4n) is 2.59. The normalized spacial score (nSPS) is 12.2. The molecule has 1 amide bonds. The van der Waals surface area contributed by atoms with Crippen LogP contribution in [0.3, 0.4) is 0 Å². The fraction of sp³-hybridized carbons (Fsp3) is 0.429. The Kier molecular flexibility index (Phi) is 5.14. The zero-order valence-corrected chi connectivity index (χ0v) is 18.3. The van der Waals surface area contributed by atoms with Gasteiger partial charge in [-0.05, 0) is 19.1 Å². The van der Waals surface area contributed by atoms with Crippen LogP contribution >= 0.6 is 11.3 Å². The number of carbonyl (C=O) groups is 1. The topological polar surface area (TPSA) is 72.7 Å². The predicted octanol–water partition coefficient (Wildman–Crippen LogP) is 4.88. The van der Waals surface area contributed by atoms with Gasteiger partial charge in [-0.15, -0.1) is 11.3 Å². The van der Waals surface area contributed by atoms with Gasteiger partial charge in [0.2, 0.25) is 0 Å². The van der Waals surface area contributed by atoms with Gasteiger partial charge in [-0.3, -0.25) is 4.79 Å². The summed E-state index contributed by atoms with van der Waals surface area (Å²) in [6.45, 7) is 14.4. The average molecular weight is 398 g/mol. The van der Waals surface area contributed by atoms with Gasteiger partial charge in [0.15, 0.2) is 5.82 Å². The smallest absolute Gasteiger partial charge is 0.268 e. The van der Waals surface area contributed by atoms with Crippen molar-refractivity contribution in [1.82, 2.24) is 19.7 Å². The Balaban J connectivity index is 1.99. The van der Waals surface area contributed by atoms with Crippen LogP contribution in [0.4, 0.5) is 5.82 Å². The minimum Gasteiger partial charge on any atom is -0.306 e. The summed E-state index contributed by atoms with van der Waals surface area (Å²) in [6.07, 6.45) is 1.71. The molecule has 3 rings (SSSR count). The van der Waals surface area contributed by atoms with E-state index >= 15 is 0 Å². The molecule has 3 aromatic heterocycles. The van der Waals surface area contributed by atoms with Crippen molar-refractivity contribution >= 4 is 23.1 Å². The Labute approximate surface area is 170 Å². The van der Waals surface area contributed by atoms with Crippen LogP contribution in [0.2, 0.25) is 0 Å². The lowest BCUT2D eigenvalue weighted by atomic mass is 9.92. The first-order valence-corrected chi connectivity index (χ1v) is 10.1. The zero-order chi connectivity index (χ0) is 20.7. The molecule has 0 atom stereocenters. The molecule has 3 heterocycles. The second-order valence-electron chi connectivity index (χ2n) is 8.90. The highest BCUT2D eigenvalue weighted by molar-refractivity contribution is 7.14. The van der Waals surface area contributed by atoms with Crippen LogP contribution in [0, 0.1) is 6.92 Å². The molecule has 3 aromatic rings. The molecule has 0 aromatic carbocycles. The highest BCUT2D eigenvalue weighted by Gasteiger charge is 2.25. The van der Waals surface area contributed by atoms with E-state index in [1.54, 1.807) is 10.9 Å². The zero-order valence-electron chi connectivity index (χ0n) is 17.5. The van der Waals surface area contributed by atoms with Crippen LogP contribution in [-0.4, -0.2) is 25.7 Å². The summed E-state index contributed by atoms with van der Waals surface area (Å²) in [4.78, 5) is 22.6. The third-order valence-corrected chi connectivity index (χ3v) is 5.81. The third-order valence-electron chi connectivity index (χ3n) is 4.23. The average Bonchev–Trinajstić information content (AvgIpc) is 3.19. The number of nitrogens with one attached hydrogen (secondary N) is 1. The largest absolute Gasteiger partial charge is 0.306 e. The molecule has 0 radical (unpaired) electrons. The van der Waals surface area contributed by atoms with Crippen LogP contribution < -0.4 is 5.32 Å². The number of carbonyl (C=O) groups excluding carboxylic acids is 1. The van der Waals surface area contributed by atoms with Gasteiger partial charge in [0.1, 0.15) is 10.7 Å². The molecule has 6 nitrogen and oxygen atoms in total. The molecule has 1 N–H and O–H groups in total. The fourth-order valence-corrected chi connectivity index (χ4v) is 3.61. The van der Waals surface area contributed by atoms with E-state index in [0.29, 0.717) is 16.5 Å². The second-order valence-corrected chi connectivity index (χ2v) is 9.90. The maximum Gasteiger partial charge on any atom is 0.268 e. The summed E-state index contributed by atoms with van der Waals surface area (Å²) < 4.78 is 1.68. The van der Waals surface area contributed by atoms with Crippen molar-refractivity contribution in [1.29, 1.82) is 0 Å². The van der Waals surface area contributed by atoms with Crippen molar-refractivity contribution in [3.8, 4) is 5.82 Å². The van der Waals surface area contributed by atoms with Gasteiger partial charge >= 0.3 is 0 Å². The SMILES string of the molecule is Cc1nc(C(C)(C)C)sc1C(=O)Nc1cc(C(C)(C)C)nn1-c1ccccn1. The Hall–Kier alpha value is -2.54. The van der Waals surface area contributed by atoms with Gasteiger partial charge in [0.05, 0.1) is 16.4 Å². The first-order valence-electron chi connectivity index (χ1n) is 9.28. The number of anilines is 1. The summed E-state index contributed by atoms with van der Waals surface area (Å²) >= 11 is 1.44. The van der Waals surface area contributed by atoms with Crippen molar-refractivity contribution in [3.63, 3.8) is 0 Å². The van der Waals surface area contributed by atoms with Gasteiger partial charge in [-0.25, -0.2) is 9.97 Å². The van der Waals surface area contributed by atoms with Crippen molar-refractivity contribution in [3.05, 3.63) is 51.7 Å². The van der Waals surface area contributed by atoms with E-state index in [0.717, 1.165) is 16.4 Å². The van der Waals surface area contributed by atoms with Gasteiger partial charge in [0.25, 0.3) is 5.91 Å². The van der Waals surface area contributed by atoms with E-state index in [9.17, 15) is 4.79 Å². The molecule has 0 saturated heterocycles. The highest BCUT2D eigenvalue weighted by Crippen LogP contribution is 2.30. The second kappa shape index (κ2) is 7.13. The van der Waals surface area contributed by atoms with Gasteiger partial charge in [-0.2, -0.15) is 9.78 Å². The maximum atomic E-state index is 13.0. The van der Waals surface area contributed by atoms with Gasteiger partial charge in [0, 0.05) is 23.1 Å². The lowest BCUT2D eigenvalue weighted by Crippen LogP contribution is -2.15. The molecule has 148 valence electrons. The minimum absolute atomic E-state index is 0.0942. The lowest BCUT2D eigenvalue weighted by Gasteiger charge is -2.13. The summed E-state index contributed by atoms with van der Waals surface area (Å²) in [7, 11) is 0. The predicted molar refractivity (Wildman–Crippen MR) is 114 cm³/mol. The van der Waals surface area contributed by atoms with E-state index in [1.807, 2.05) is 31.2 Å². The Morgan fingerprint density at radius 2 is 1.82 bits per heavy atom. The molecular formula is C21H27N5OS. The number of aromatic nitrogens is 4. The molecule has 0 fully saturated rings. The number of aryl methyl sites for hydroxylation is 1. The summed E-state index contributed by atoms with van der Waals surface area (Å²) in [5.74, 6) is 1.08. The van der Waals surface area contributed by atoms with E-state index < -0.39 is 0 Å². The molecule has 7 heteroatoms. The Bertz CT molecular complexity index is 990. The first kappa shape index (κ1) is 20.2. The standard InChI is InChI=1S/C21H27N5OS/c1-13-17(28-19(23-13)21(5,6)7)18(27)24-16-12-14(20(2,3)4)25-26(16)15-10-8-9-11-22-15/h8-12H,1-7H3,(H,24,27). The molecule has 0 bridgehead atoms. The van der Waals surface area contributed by atoms with Crippen LogP contribution in [0.1, 0.15) is 67.6 Å². The molecule has 0 aliphatic heterocycles. The van der Waals surface area contributed by atoms with Crippen molar-refractivity contribution in [2.75, 3.05) is 5.32 Å². The van der Waals surface area contributed by atoms with E-state index in [2.05, 4.69) is 56.8 Å². The van der Waals surface area contributed by atoms with E-state index in [4.69, 9.17) is 5.10 Å². The number of nitrogens with zero attached hydrogens (tertiary/aromatic N) is 4. The quantitative estimate of drug-likeness (QED) is 0.684. The highest BCUT2D eigenvalue weighted by atomic mass is 32.1. The monoisotopic (exact) mass is 397 g/mol. The number of hydrogen-bond acceptors (Lipinski definition) is 5. The molecule has 28 heavy (non-hydrogen) atoms. The minimum atomic E-state index is -0.178. The molecular weight excluding hydrogens is 370 g/mol. The number of amides is 1. The third kappa shape index (κ3) is 4.14. The first-order chi connectivity index (χ1) is 13.0. The number of thiazole rings is 1. The Morgan fingerprint density at radius 1 is 1.11 bits per heavy atom. The molecule has 0 saturated carbocycles. The van der Waals surface area contributed by atoms with E-state index in [1.165, 1.54) is 11.3 Å². The summed E-state index contributed by atoms with van der Waals surface area (Å²) in [5, 5.41) is 8.66. The van der Waals surface area contributed by atoms with Crippen molar-refractivity contribution in [2.45, 2.75) is 59.3 Å². The summed E-state index contributed by atoms with van der Waals surface area (Å²) in [5.41, 5.74) is 1.37. The molecule has 0 aliphatic carbocycles. The van der Waals surface area contributed by atoms with E-state index in [-0.39, 0.29) is 16.7 Å². The number of rotatable bonds is 3. The summed E-state index contributed by atoms with van der Waals surface area (Å²) in [6, 6.07) is 7.53.